The van der Waals surface area contributed by atoms with E-state index in [4.69, 9.17) is 9.15 Å². The van der Waals surface area contributed by atoms with Crippen molar-refractivity contribution >= 4 is 5.65 Å². The maximum Gasteiger partial charge on any atom is 0.182 e. The van der Waals surface area contributed by atoms with Crippen LogP contribution in [0.5, 0.6) is 0 Å². The van der Waals surface area contributed by atoms with E-state index < -0.39 is 0 Å². The largest absolute Gasteiger partial charge is 0.498 e. The summed E-state index contributed by atoms with van der Waals surface area (Å²) in [6.07, 6.45) is 3.72. The fourth-order valence-electron chi connectivity index (χ4n) is 2.89. The van der Waals surface area contributed by atoms with Crippen LogP contribution >= 0.6 is 0 Å². The van der Waals surface area contributed by atoms with E-state index in [2.05, 4.69) is 21.8 Å². The van der Waals surface area contributed by atoms with Crippen molar-refractivity contribution in [3.63, 3.8) is 0 Å². The van der Waals surface area contributed by atoms with Crippen LogP contribution in [0.25, 0.3) is 28.2 Å². The van der Waals surface area contributed by atoms with Crippen molar-refractivity contribution in [2.24, 2.45) is 0 Å². The summed E-state index contributed by atoms with van der Waals surface area (Å²) in [5.74, 6) is 1.64. The second-order valence-corrected chi connectivity index (χ2v) is 5.95. The van der Waals surface area contributed by atoms with Crippen molar-refractivity contribution in [2.75, 3.05) is 6.61 Å². The minimum absolute atomic E-state index is 0.297. The van der Waals surface area contributed by atoms with Gasteiger partial charge in [0.05, 0.1) is 18.8 Å². The molecule has 0 aliphatic carbocycles. The van der Waals surface area contributed by atoms with Crippen molar-refractivity contribution < 1.29 is 13.5 Å². The molecule has 136 valence electrons. The van der Waals surface area contributed by atoms with Gasteiger partial charge >= 0.3 is 0 Å². The summed E-state index contributed by atoms with van der Waals surface area (Å²) < 4.78 is 26.1. The highest BCUT2D eigenvalue weighted by atomic mass is 19.1. The van der Waals surface area contributed by atoms with Gasteiger partial charge in [0, 0.05) is 17.3 Å². The molecule has 0 aliphatic rings. The number of ether oxygens (including phenoxy) is 1. The molecule has 0 bridgehead atoms. The third-order valence-electron chi connectivity index (χ3n) is 4.12. The van der Waals surface area contributed by atoms with Gasteiger partial charge in [-0.05, 0) is 43.3 Å². The Balaban J connectivity index is 1.74. The van der Waals surface area contributed by atoms with E-state index in [9.17, 15) is 4.39 Å². The van der Waals surface area contributed by atoms with Gasteiger partial charge in [-0.2, -0.15) is 0 Å². The molecule has 0 fully saturated rings. The number of aromatic nitrogens is 4. The molecule has 7 heteroatoms. The maximum atomic E-state index is 13.2. The number of oxazole rings is 1. The van der Waals surface area contributed by atoms with E-state index in [0.717, 1.165) is 11.1 Å². The minimum atomic E-state index is -0.297. The van der Waals surface area contributed by atoms with E-state index in [-0.39, 0.29) is 5.82 Å². The average Bonchev–Trinajstić information content (AvgIpc) is 3.30. The minimum Gasteiger partial charge on any atom is -0.498 e. The number of fused-ring (bicyclic) bond motifs is 1. The number of halogens is 1. The maximum absolute atomic E-state index is 13.2. The van der Waals surface area contributed by atoms with Crippen LogP contribution in [0.2, 0.25) is 0 Å². The van der Waals surface area contributed by atoms with Crippen LogP contribution in [0.1, 0.15) is 12.7 Å². The van der Waals surface area contributed by atoms with E-state index in [1.54, 1.807) is 12.1 Å². The first kappa shape index (κ1) is 17.0. The Hall–Kier alpha value is -3.48. The molecule has 0 saturated carbocycles. The van der Waals surface area contributed by atoms with E-state index in [1.165, 1.54) is 18.5 Å². The van der Waals surface area contributed by atoms with E-state index in [1.807, 2.05) is 29.7 Å². The van der Waals surface area contributed by atoms with Gasteiger partial charge in [-0.3, -0.25) is 4.40 Å². The molecule has 0 unspecified atom stereocenters. The third kappa shape index (κ3) is 3.31. The van der Waals surface area contributed by atoms with Gasteiger partial charge in [0.15, 0.2) is 17.8 Å². The lowest BCUT2D eigenvalue weighted by Crippen LogP contribution is -2.00. The zero-order valence-corrected chi connectivity index (χ0v) is 14.7. The van der Waals surface area contributed by atoms with Crippen molar-refractivity contribution in [3.05, 3.63) is 73.0 Å². The van der Waals surface area contributed by atoms with Crippen LogP contribution in [0, 0.1) is 5.82 Å². The van der Waals surface area contributed by atoms with Gasteiger partial charge in [-0.25, -0.2) is 9.37 Å². The Bertz CT molecular complexity index is 1100. The molecule has 0 aliphatic heterocycles. The van der Waals surface area contributed by atoms with Crippen LogP contribution < -0.4 is 0 Å². The molecular formula is C20H17FN4O2. The molecule has 1 aromatic carbocycles. The molecule has 0 spiro atoms. The highest BCUT2D eigenvalue weighted by Gasteiger charge is 2.15. The summed E-state index contributed by atoms with van der Waals surface area (Å²) in [7, 11) is 0. The van der Waals surface area contributed by atoms with Gasteiger partial charge in [-0.1, -0.05) is 6.58 Å². The summed E-state index contributed by atoms with van der Waals surface area (Å²) in [4.78, 5) is 4.29. The zero-order chi connectivity index (χ0) is 18.8. The molecule has 4 rings (SSSR count). The molecule has 27 heavy (non-hydrogen) atoms. The number of pyridine rings is 1. The molecule has 0 saturated heterocycles. The summed E-state index contributed by atoms with van der Waals surface area (Å²) in [5.41, 5.74) is 2.93. The topological polar surface area (TPSA) is 65.5 Å². The van der Waals surface area contributed by atoms with Crippen molar-refractivity contribution in [2.45, 2.75) is 13.3 Å². The smallest absolute Gasteiger partial charge is 0.182 e. The Morgan fingerprint density at radius 2 is 1.93 bits per heavy atom. The summed E-state index contributed by atoms with van der Waals surface area (Å²) in [6, 6.07) is 9.88. The molecule has 0 radical (unpaired) electrons. The van der Waals surface area contributed by atoms with Gasteiger partial charge < -0.3 is 9.15 Å². The van der Waals surface area contributed by atoms with Gasteiger partial charge in [0.2, 0.25) is 0 Å². The number of nitrogens with zero attached hydrogens (tertiary/aromatic N) is 4. The second-order valence-electron chi connectivity index (χ2n) is 5.95. The predicted octanol–water partition coefficient (Wildman–Crippen LogP) is 4.28. The molecule has 6 nitrogen and oxygen atoms in total. The number of allylic oxidation sites excluding steroid dienone is 1. The first-order valence-electron chi connectivity index (χ1n) is 8.49. The second kappa shape index (κ2) is 7.03. The van der Waals surface area contributed by atoms with E-state index in [0.29, 0.717) is 41.7 Å². The Morgan fingerprint density at radius 3 is 2.70 bits per heavy atom. The average molecular weight is 364 g/mol. The number of hydrogen-bond donors (Lipinski definition) is 0. The van der Waals surface area contributed by atoms with Crippen LogP contribution in [-0.4, -0.2) is 26.2 Å². The lowest BCUT2D eigenvalue weighted by molar-refractivity contribution is 0.223. The first-order valence-corrected chi connectivity index (χ1v) is 8.49. The summed E-state index contributed by atoms with van der Waals surface area (Å²) >= 11 is 0. The molecule has 3 heterocycles. The predicted molar refractivity (Wildman–Crippen MR) is 98.3 cm³/mol. The fourth-order valence-corrected chi connectivity index (χ4v) is 2.89. The van der Waals surface area contributed by atoms with Gasteiger partial charge in [0.25, 0.3) is 0 Å². The van der Waals surface area contributed by atoms with Crippen molar-refractivity contribution in [1.82, 2.24) is 19.6 Å². The van der Waals surface area contributed by atoms with Gasteiger partial charge in [0.1, 0.15) is 17.3 Å². The van der Waals surface area contributed by atoms with Crippen LogP contribution in [0.15, 0.2) is 65.7 Å². The monoisotopic (exact) mass is 364 g/mol. The Kier molecular flexibility index (Phi) is 4.42. The molecule has 4 aromatic rings. The summed E-state index contributed by atoms with van der Waals surface area (Å²) in [6.45, 7) is 6.36. The number of hydrogen-bond acceptors (Lipinski definition) is 5. The molecule has 3 aromatic heterocycles. The van der Waals surface area contributed by atoms with Crippen LogP contribution in [-0.2, 0) is 11.2 Å². The molecule has 0 atom stereocenters. The SMILES string of the molecule is C=C(Cc1nnc2ccc(-c3ocnc3-c3ccc(F)cc3)cn12)OCC. The molecular weight excluding hydrogens is 347 g/mol. The van der Waals surface area contributed by atoms with E-state index >= 15 is 0 Å². The third-order valence-corrected chi connectivity index (χ3v) is 4.12. The number of benzene rings is 1. The normalized spacial score (nSPS) is 11.0. The number of rotatable bonds is 6. The lowest BCUT2D eigenvalue weighted by atomic mass is 10.1. The zero-order valence-electron chi connectivity index (χ0n) is 14.7. The van der Waals surface area contributed by atoms with Crippen molar-refractivity contribution in [3.8, 4) is 22.6 Å². The Labute approximate surface area is 154 Å². The van der Waals surface area contributed by atoms with Crippen molar-refractivity contribution in [1.29, 1.82) is 0 Å². The quantitative estimate of drug-likeness (QED) is 0.478. The molecule has 0 N–H and O–H groups in total. The Morgan fingerprint density at radius 1 is 1.15 bits per heavy atom. The van der Waals surface area contributed by atoms with Crippen LogP contribution in [0.3, 0.4) is 0 Å². The highest BCUT2D eigenvalue weighted by Crippen LogP contribution is 2.31. The van der Waals surface area contributed by atoms with Crippen LogP contribution in [0.4, 0.5) is 4.39 Å². The molecule has 0 amide bonds. The van der Waals surface area contributed by atoms with Gasteiger partial charge in [-0.15, -0.1) is 10.2 Å². The lowest BCUT2D eigenvalue weighted by Gasteiger charge is -2.06. The summed E-state index contributed by atoms with van der Waals surface area (Å²) in [5, 5.41) is 8.39. The highest BCUT2D eigenvalue weighted by molar-refractivity contribution is 5.76. The first-order chi connectivity index (χ1) is 13.2. The standard InChI is InChI=1S/C20H17FN4O2/c1-3-26-13(2)10-18-24-23-17-9-6-15(11-25(17)18)20-19(22-12-27-20)14-4-7-16(21)8-5-14/h4-9,11-12H,2-3,10H2,1H3. The fraction of sp³-hybridized carbons (Fsp3) is 0.150.